The van der Waals surface area contributed by atoms with Crippen LogP contribution >= 0.6 is 11.3 Å². The van der Waals surface area contributed by atoms with Gasteiger partial charge in [-0.05, 0) is 60.0 Å². The maximum atomic E-state index is 13.6. The third kappa shape index (κ3) is 5.58. The largest absolute Gasteiger partial charge is 0.369 e. The molecule has 1 fully saturated rings. The number of nitrogens with one attached hydrogen (secondary N) is 1. The number of hydrogen-bond donors (Lipinski definition) is 2. The number of benzene rings is 2. The highest BCUT2D eigenvalue weighted by Crippen LogP contribution is 2.37. The Balaban J connectivity index is 1.32. The van der Waals surface area contributed by atoms with Crippen LogP contribution in [-0.4, -0.2) is 40.3 Å². The number of fused-ring (bicyclic) bond motifs is 2. The molecule has 2 aromatic carbocycles. The fourth-order valence-corrected chi connectivity index (χ4v) is 7.50. The van der Waals surface area contributed by atoms with Gasteiger partial charge in [-0.3, -0.25) is 9.35 Å². The molecule has 192 valence electrons. The molecule has 2 atom stereocenters. The van der Waals surface area contributed by atoms with Gasteiger partial charge in [-0.15, -0.1) is 11.3 Å². The van der Waals surface area contributed by atoms with Crippen LogP contribution in [0, 0.1) is 11.7 Å². The van der Waals surface area contributed by atoms with Crippen molar-refractivity contribution in [1.82, 2.24) is 5.32 Å². The Morgan fingerprint density at radius 1 is 1.19 bits per heavy atom. The summed E-state index contributed by atoms with van der Waals surface area (Å²) in [5.41, 5.74) is 2.00. The van der Waals surface area contributed by atoms with Crippen molar-refractivity contribution in [3.8, 4) is 0 Å². The van der Waals surface area contributed by atoms with E-state index < -0.39 is 17.3 Å². The number of carbonyl (C=O) groups excluding carboxylic acids is 1. The van der Waals surface area contributed by atoms with Crippen LogP contribution in [0.3, 0.4) is 0 Å². The van der Waals surface area contributed by atoms with E-state index in [1.807, 2.05) is 30.3 Å². The van der Waals surface area contributed by atoms with Gasteiger partial charge in [0.1, 0.15) is 16.9 Å². The molecular formula is C27H32FN3O3S2. The Morgan fingerprint density at radius 3 is 2.78 bits per heavy atom. The predicted octanol–water partition coefficient (Wildman–Crippen LogP) is 5.50. The molecule has 2 N–H and O–H groups in total. The van der Waals surface area contributed by atoms with Gasteiger partial charge < -0.3 is 10.2 Å². The van der Waals surface area contributed by atoms with E-state index in [-0.39, 0.29) is 11.7 Å². The molecule has 1 amide bonds. The summed E-state index contributed by atoms with van der Waals surface area (Å²) < 4.78 is 39.0. The van der Waals surface area contributed by atoms with Gasteiger partial charge in [-0.1, -0.05) is 50.3 Å². The number of thiophene rings is 1. The maximum absolute atomic E-state index is 13.6. The van der Waals surface area contributed by atoms with Crippen LogP contribution in [0.25, 0.3) is 10.1 Å². The van der Waals surface area contributed by atoms with Gasteiger partial charge in [0.05, 0.1) is 0 Å². The van der Waals surface area contributed by atoms with Crippen molar-refractivity contribution in [1.29, 1.82) is 0 Å². The zero-order valence-electron chi connectivity index (χ0n) is 20.2. The van der Waals surface area contributed by atoms with Crippen LogP contribution in [0.4, 0.5) is 15.1 Å². The molecule has 2 heterocycles. The standard InChI is InChI=1S/C27H32FN3O3S2/c28-22-10-11-23-20(17-22)12-14-30(23)15-13-29-27(32)24(16-19-6-2-1-3-7-19)31(36(33)34)26-18-21-8-4-5-9-25(21)35-26/h4-5,8-11,17-19,24H,1-3,6-7,12-16H2,(H,29,32)(H,33,34). The monoisotopic (exact) mass is 529 g/mol. The third-order valence-electron chi connectivity index (χ3n) is 7.38. The second kappa shape index (κ2) is 11.3. The van der Waals surface area contributed by atoms with Gasteiger partial charge in [-0.2, -0.15) is 0 Å². The van der Waals surface area contributed by atoms with E-state index in [2.05, 4.69) is 10.2 Å². The number of amides is 1. The van der Waals surface area contributed by atoms with E-state index in [0.29, 0.717) is 30.4 Å². The summed E-state index contributed by atoms with van der Waals surface area (Å²) in [6, 6.07) is 13.9. The molecule has 1 aromatic heterocycles. The number of rotatable bonds is 9. The van der Waals surface area contributed by atoms with E-state index in [4.69, 9.17) is 0 Å². The molecule has 9 heteroatoms. The molecule has 0 spiro atoms. The molecule has 1 aliphatic carbocycles. The number of carbonyl (C=O) groups is 1. The third-order valence-corrected chi connectivity index (χ3v) is 9.40. The van der Waals surface area contributed by atoms with Gasteiger partial charge in [0, 0.05) is 30.0 Å². The Kier molecular flexibility index (Phi) is 7.88. The number of anilines is 2. The second-order valence-corrected chi connectivity index (χ2v) is 11.7. The number of nitrogens with zero attached hydrogens (tertiary/aromatic N) is 2. The molecule has 1 aliphatic heterocycles. The van der Waals surface area contributed by atoms with Crippen LogP contribution < -0.4 is 14.5 Å². The van der Waals surface area contributed by atoms with Gasteiger partial charge >= 0.3 is 0 Å². The van der Waals surface area contributed by atoms with Crippen LogP contribution in [-0.2, 0) is 22.5 Å². The maximum Gasteiger partial charge on any atom is 0.263 e. The van der Waals surface area contributed by atoms with E-state index >= 15 is 0 Å². The molecule has 2 unspecified atom stereocenters. The first-order valence-corrected chi connectivity index (χ1v) is 14.6. The van der Waals surface area contributed by atoms with Crippen molar-refractivity contribution in [3.63, 3.8) is 0 Å². The zero-order valence-corrected chi connectivity index (χ0v) is 21.8. The summed E-state index contributed by atoms with van der Waals surface area (Å²) in [7, 11) is 0. The molecule has 1 saturated carbocycles. The van der Waals surface area contributed by atoms with E-state index in [1.54, 1.807) is 12.1 Å². The van der Waals surface area contributed by atoms with Crippen molar-refractivity contribution >= 4 is 49.3 Å². The molecule has 36 heavy (non-hydrogen) atoms. The Labute approximate surface area is 217 Å². The lowest BCUT2D eigenvalue weighted by atomic mass is 9.84. The normalized spacial score (nSPS) is 17.7. The van der Waals surface area contributed by atoms with Gasteiger partial charge in [-0.25, -0.2) is 12.9 Å². The minimum Gasteiger partial charge on any atom is -0.369 e. The van der Waals surface area contributed by atoms with Crippen molar-refractivity contribution < 1.29 is 17.9 Å². The van der Waals surface area contributed by atoms with Gasteiger partial charge in [0.25, 0.3) is 11.3 Å². The molecule has 5 rings (SSSR count). The van der Waals surface area contributed by atoms with Crippen molar-refractivity contribution in [2.75, 3.05) is 28.8 Å². The quantitative estimate of drug-likeness (QED) is 0.359. The number of hydrogen-bond acceptors (Lipinski definition) is 4. The van der Waals surface area contributed by atoms with Crippen LogP contribution in [0.1, 0.15) is 44.1 Å². The molecule has 0 bridgehead atoms. The molecule has 0 radical (unpaired) electrons. The summed E-state index contributed by atoms with van der Waals surface area (Å²) in [5, 5.41) is 4.67. The van der Waals surface area contributed by atoms with E-state index in [0.717, 1.165) is 60.0 Å². The molecule has 3 aromatic rings. The SMILES string of the molecule is O=C(NCCN1CCc2cc(F)ccc21)C(CC1CCCCC1)N(c1cc2ccccc2s1)S(=O)O. The van der Waals surface area contributed by atoms with Crippen LogP contribution in [0.5, 0.6) is 0 Å². The second-order valence-electron chi connectivity index (χ2n) is 9.74. The molecule has 0 saturated heterocycles. The minimum absolute atomic E-state index is 0.223. The minimum atomic E-state index is -2.34. The molecular weight excluding hydrogens is 497 g/mol. The first-order chi connectivity index (χ1) is 17.5. The lowest BCUT2D eigenvalue weighted by molar-refractivity contribution is -0.122. The van der Waals surface area contributed by atoms with Crippen molar-refractivity contribution in [2.45, 2.75) is 51.0 Å². The van der Waals surface area contributed by atoms with Crippen molar-refractivity contribution in [2.24, 2.45) is 5.92 Å². The molecule has 2 aliphatic rings. The van der Waals surface area contributed by atoms with E-state index in [9.17, 15) is 17.9 Å². The summed E-state index contributed by atoms with van der Waals surface area (Å²) in [5.74, 6) is -0.0953. The Hall–Kier alpha value is -2.49. The van der Waals surface area contributed by atoms with E-state index in [1.165, 1.54) is 28.1 Å². The molecule has 6 nitrogen and oxygen atoms in total. The average Bonchev–Trinajstić information content (AvgIpc) is 3.47. The zero-order chi connectivity index (χ0) is 25.1. The van der Waals surface area contributed by atoms with Crippen molar-refractivity contribution in [3.05, 3.63) is 59.9 Å². The first kappa shape index (κ1) is 25.2. The average molecular weight is 530 g/mol. The highest BCUT2D eigenvalue weighted by Gasteiger charge is 2.34. The Morgan fingerprint density at radius 2 is 2.00 bits per heavy atom. The lowest BCUT2D eigenvalue weighted by Crippen LogP contribution is -2.50. The fraction of sp³-hybridized carbons (Fsp3) is 0.444. The topological polar surface area (TPSA) is 72.9 Å². The Bertz CT molecular complexity index is 1210. The van der Waals surface area contributed by atoms with Crippen LogP contribution in [0.2, 0.25) is 0 Å². The van der Waals surface area contributed by atoms with Gasteiger partial charge in [0.2, 0.25) is 5.91 Å². The highest BCUT2D eigenvalue weighted by molar-refractivity contribution is 7.81. The fourth-order valence-electron chi connectivity index (χ4n) is 5.57. The highest BCUT2D eigenvalue weighted by atomic mass is 32.2. The predicted molar refractivity (Wildman–Crippen MR) is 145 cm³/mol. The smallest absolute Gasteiger partial charge is 0.263 e. The summed E-state index contributed by atoms with van der Waals surface area (Å²) in [6.07, 6.45) is 6.91. The summed E-state index contributed by atoms with van der Waals surface area (Å²) >= 11 is -0.905. The first-order valence-electron chi connectivity index (χ1n) is 12.7. The van der Waals surface area contributed by atoms with Crippen LogP contribution in [0.15, 0.2) is 48.5 Å². The number of halogens is 1. The summed E-state index contributed by atoms with van der Waals surface area (Å²) in [4.78, 5) is 15.7. The lowest BCUT2D eigenvalue weighted by Gasteiger charge is -2.32. The van der Waals surface area contributed by atoms with Gasteiger partial charge in [0.15, 0.2) is 0 Å². The summed E-state index contributed by atoms with van der Waals surface area (Å²) in [6.45, 7) is 1.80.